The van der Waals surface area contributed by atoms with Crippen molar-refractivity contribution in [3.63, 3.8) is 0 Å². The highest BCUT2D eigenvalue weighted by Crippen LogP contribution is 2.50. The largest absolute Gasteiger partial charge is 0.362 e. The van der Waals surface area contributed by atoms with Gasteiger partial charge in [0.1, 0.15) is 0 Å². The first-order valence-corrected chi connectivity index (χ1v) is 9.87. The monoisotopic (exact) mass is 318 g/mol. The van der Waals surface area contributed by atoms with Crippen LogP contribution in [-0.4, -0.2) is 22.7 Å². The normalized spacial score (nSPS) is 13.9. The molecule has 0 amide bonds. The molecular weight excluding hydrogens is 295 g/mol. The quantitative estimate of drug-likeness (QED) is 0.724. The highest BCUT2D eigenvalue weighted by atomic mass is 32.2. The van der Waals surface area contributed by atoms with Crippen LogP contribution in [-0.2, 0) is 30.2 Å². The summed E-state index contributed by atoms with van der Waals surface area (Å²) in [7, 11) is -4.43. The molecule has 1 atom stereocenters. The van der Waals surface area contributed by atoms with Gasteiger partial charge in [-0.2, -0.15) is 0 Å². The van der Waals surface area contributed by atoms with E-state index in [1.54, 1.807) is 18.4 Å². The Labute approximate surface area is 123 Å². The topological polar surface area (TPSA) is 52.6 Å². The van der Waals surface area contributed by atoms with Crippen LogP contribution in [0.3, 0.4) is 0 Å². The fraction of sp³-hybridized carbons (Fsp3) is 0.571. The van der Waals surface area contributed by atoms with Gasteiger partial charge in [-0.1, -0.05) is 18.2 Å². The van der Waals surface area contributed by atoms with Crippen LogP contribution in [0.1, 0.15) is 33.3 Å². The van der Waals surface area contributed by atoms with Crippen molar-refractivity contribution in [3.8, 4) is 0 Å². The minimum atomic E-state index is -3.41. The molecule has 0 fully saturated rings. The average Bonchev–Trinajstić information content (AvgIpc) is 2.26. The molecule has 1 unspecified atom stereocenters. The summed E-state index contributed by atoms with van der Waals surface area (Å²) < 4.78 is 35.8. The van der Waals surface area contributed by atoms with Crippen molar-refractivity contribution >= 4 is 23.7 Å². The molecule has 1 aromatic rings. The predicted molar refractivity (Wildman–Crippen MR) is 83.9 cm³/mol. The molecular formula is C14H23O4PS. The number of benzene rings is 1. The Morgan fingerprint density at radius 3 is 2.05 bits per heavy atom. The summed E-state index contributed by atoms with van der Waals surface area (Å²) in [6.45, 7) is 7.27. The molecule has 6 heteroatoms. The minimum absolute atomic E-state index is 0.222. The van der Waals surface area contributed by atoms with Gasteiger partial charge in [0, 0.05) is 22.8 Å². The molecule has 4 nitrogen and oxygen atoms in total. The van der Waals surface area contributed by atoms with Crippen molar-refractivity contribution in [2.45, 2.75) is 45.7 Å². The van der Waals surface area contributed by atoms with E-state index in [1.165, 1.54) is 0 Å². The van der Waals surface area contributed by atoms with Gasteiger partial charge in [-0.3, -0.25) is 8.77 Å². The van der Waals surface area contributed by atoms with Crippen molar-refractivity contribution in [2.24, 2.45) is 0 Å². The van der Waals surface area contributed by atoms with Crippen LogP contribution >= 0.6 is 7.60 Å². The van der Waals surface area contributed by atoms with E-state index in [2.05, 4.69) is 0 Å². The Morgan fingerprint density at radius 2 is 1.60 bits per heavy atom. The second kappa shape index (κ2) is 7.51. The van der Waals surface area contributed by atoms with Gasteiger partial charge in [0.15, 0.2) is 0 Å². The zero-order valence-corrected chi connectivity index (χ0v) is 14.4. The molecule has 0 spiro atoms. The van der Waals surface area contributed by atoms with Crippen molar-refractivity contribution in [1.29, 1.82) is 0 Å². The van der Waals surface area contributed by atoms with Crippen LogP contribution in [0.2, 0.25) is 0 Å². The van der Waals surface area contributed by atoms with E-state index in [-0.39, 0.29) is 12.2 Å². The average molecular weight is 318 g/mol. The molecule has 0 radical (unpaired) electrons. The van der Waals surface area contributed by atoms with Crippen molar-refractivity contribution in [1.82, 2.24) is 0 Å². The molecule has 0 saturated heterocycles. The first-order valence-electron chi connectivity index (χ1n) is 6.60. The third-order valence-electron chi connectivity index (χ3n) is 2.34. The maximum absolute atomic E-state index is 13.1. The van der Waals surface area contributed by atoms with E-state index < -0.39 is 18.4 Å². The Morgan fingerprint density at radius 1 is 1.10 bits per heavy atom. The van der Waals surface area contributed by atoms with Gasteiger partial charge in [-0.05, 0) is 39.3 Å². The highest BCUT2D eigenvalue weighted by molar-refractivity contribution is 7.83. The van der Waals surface area contributed by atoms with Crippen LogP contribution in [0.25, 0.3) is 0 Å². The van der Waals surface area contributed by atoms with Gasteiger partial charge in [0.2, 0.25) is 0 Å². The highest BCUT2D eigenvalue weighted by Gasteiger charge is 2.32. The summed E-state index contributed by atoms with van der Waals surface area (Å²) in [6, 6.07) is 7.17. The number of hydrogen-bond acceptors (Lipinski definition) is 4. The van der Waals surface area contributed by atoms with E-state index in [0.29, 0.717) is 11.1 Å². The second-order valence-electron chi connectivity index (χ2n) is 5.15. The zero-order valence-electron chi connectivity index (χ0n) is 12.7. The first kappa shape index (κ1) is 17.6. The first-order chi connectivity index (χ1) is 9.24. The van der Waals surface area contributed by atoms with E-state index in [1.807, 2.05) is 39.8 Å². The summed E-state index contributed by atoms with van der Waals surface area (Å²) >= 11 is 0. The second-order valence-corrected chi connectivity index (χ2v) is 8.49. The third-order valence-corrected chi connectivity index (χ3v) is 5.49. The summed E-state index contributed by atoms with van der Waals surface area (Å²) in [5.74, 6) is 0.336. The Hall–Kier alpha value is -0.480. The lowest BCUT2D eigenvalue weighted by Gasteiger charge is -2.24. The summed E-state index contributed by atoms with van der Waals surface area (Å²) in [5.41, 5.74) is 0.748. The van der Waals surface area contributed by atoms with Gasteiger partial charge in [0.25, 0.3) is 0 Å². The zero-order chi connectivity index (χ0) is 15.3. The molecule has 0 aliphatic heterocycles. The van der Waals surface area contributed by atoms with Gasteiger partial charge in [-0.15, -0.1) is 0 Å². The molecule has 0 aromatic heterocycles. The summed E-state index contributed by atoms with van der Waals surface area (Å²) in [5, 5.41) is 0.512. The molecule has 1 rings (SSSR count). The van der Waals surface area contributed by atoms with Crippen LogP contribution in [0.15, 0.2) is 24.3 Å². The smallest absolute Gasteiger partial charge is 0.302 e. The lowest BCUT2D eigenvalue weighted by atomic mass is 10.2. The molecule has 0 aliphatic rings. The summed E-state index contributed by atoms with van der Waals surface area (Å²) in [6.07, 6.45) is 1.17. The fourth-order valence-corrected chi connectivity index (χ4v) is 4.77. The van der Waals surface area contributed by atoms with Gasteiger partial charge in [0.05, 0.1) is 17.5 Å². The molecule has 114 valence electrons. The van der Waals surface area contributed by atoms with Gasteiger partial charge in [-0.25, -0.2) is 0 Å². The minimum Gasteiger partial charge on any atom is -0.302 e. The van der Waals surface area contributed by atoms with Crippen molar-refractivity contribution < 1.29 is 17.8 Å². The molecule has 0 bridgehead atoms. The van der Waals surface area contributed by atoms with Crippen LogP contribution in [0.5, 0.6) is 0 Å². The van der Waals surface area contributed by atoms with E-state index in [9.17, 15) is 8.77 Å². The molecule has 1 aromatic carbocycles. The van der Waals surface area contributed by atoms with Crippen LogP contribution in [0, 0.1) is 0 Å². The van der Waals surface area contributed by atoms with Crippen LogP contribution in [0.4, 0.5) is 0 Å². The van der Waals surface area contributed by atoms with Crippen molar-refractivity contribution in [3.05, 3.63) is 29.8 Å². The molecule has 0 heterocycles. The van der Waals surface area contributed by atoms with Crippen molar-refractivity contribution in [2.75, 3.05) is 6.26 Å². The summed E-state index contributed by atoms with van der Waals surface area (Å²) in [4.78, 5) is 0. The van der Waals surface area contributed by atoms with Crippen LogP contribution < -0.4 is 5.30 Å². The molecule has 0 N–H and O–H groups in total. The molecule has 0 saturated carbocycles. The van der Waals surface area contributed by atoms with E-state index in [4.69, 9.17) is 9.05 Å². The standard InChI is InChI=1S/C14H23O4PS/c1-11(2)17-19(15,18-12(3)4)14-9-7-6-8-13(14)10-20(5)16/h6-9,11-12H,10H2,1-5H3. The maximum Gasteiger partial charge on any atom is 0.362 e. The maximum atomic E-state index is 13.1. The molecule has 0 aliphatic carbocycles. The Balaban J connectivity index is 3.26. The molecule has 20 heavy (non-hydrogen) atoms. The van der Waals surface area contributed by atoms with E-state index >= 15 is 0 Å². The number of rotatable bonds is 7. The van der Waals surface area contributed by atoms with Gasteiger partial charge < -0.3 is 9.05 Å². The Kier molecular flexibility index (Phi) is 6.59. The Bertz CT molecular complexity index is 500. The third kappa shape index (κ3) is 5.13. The fourth-order valence-electron chi connectivity index (χ4n) is 1.81. The lowest BCUT2D eigenvalue weighted by Crippen LogP contribution is -2.20. The van der Waals surface area contributed by atoms with Gasteiger partial charge >= 0.3 is 7.60 Å². The lowest BCUT2D eigenvalue weighted by molar-refractivity contribution is 0.150. The van der Waals surface area contributed by atoms with E-state index in [0.717, 1.165) is 5.56 Å². The predicted octanol–water partition coefficient (Wildman–Crippen LogP) is 3.23. The SMILES string of the molecule is CC(C)OP(=O)(OC(C)C)c1ccccc1CS(C)=O. The number of hydrogen-bond donors (Lipinski definition) is 0.